The molecule has 0 radical (unpaired) electrons. The molecule has 2 unspecified atom stereocenters. The van der Waals surface area contributed by atoms with E-state index in [1.54, 1.807) is 0 Å². The van der Waals surface area contributed by atoms with Crippen molar-refractivity contribution in [3.8, 4) is 0 Å². The van der Waals surface area contributed by atoms with Gasteiger partial charge < -0.3 is 5.73 Å². The van der Waals surface area contributed by atoms with E-state index in [-0.39, 0.29) is 0 Å². The van der Waals surface area contributed by atoms with Crippen molar-refractivity contribution >= 4 is 5.69 Å². The van der Waals surface area contributed by atoms with Gasteiger partial charge in [-0.1, -0.05) is 25.1 Å². The van der Waals surface area contributed by atoms with Crippen LogP contribution in [-0.4, -0.2) is 17.0 Å². The molecule has 1 aromatic carbocycles. The average molecular weight is 218 g/mol. The number of anilines is 1. The Labute approximate surface area is 98.4 Å². The first-order valence-corrected chi connectivity index (χ1v) is 6.31. The summed E-state index contributed by atoms with van der Waals surface area (Å²) in [4.78, 5) is 2.60. The summed E-state index contributed by atoms with van der Waals surface area (Å²) in [6, 6.07) is 9.67. The summed E-state index contributed by atoms with van der Waals surface area (Å²) in [6.07, 6.45) is 3.91. The Kier molecular flexibility index (Phi) is 3.49. The van der Waals surface area contributed by atoms with Gasteiger partial charge in [-0.25, -0.2) is 0 Å². The highest BCUT2D eigenvalue weighted by Gasteiger charge is 2.29. The standard InChI is InChI=1S/C14H22N2/c1-3-13-9-8-11(2)16(13)10-12-6-4-5-7-14(12)15/h4-7,11,13H,3,8-10,15H2,1-2H3. The summed E-state index contributed by atoms with van der Waals surface area (Å²) in [7, 11) is 0. The van der Waals surface area contributed by atoms with Gasteiger partial charge in [-0.15, -0.1) is 0 Å². The lowest BCUT2D eigenvalue weighted by molar-refractivity contribution is 0.190. The molecule has 0 amide bonds. The van der Waals surface area contributed by atoms with Crippen molar-refractivity contribution in [2.45, 2.75) is 51.7 Å². The van der Waals surface area contributed by atoms with Gasteiger partial charge in [0.1, 0.15) is 0 Å². The predicted octanol–water partition coefficient (Wildman–Crippen LogP) is 3.03. The Bertz CT molecular complexity index is 348. The van der Waals surface area contributed by atoms with Crippen LogP contribution in [0.3, 0.4) is 0 Å². The van der Waals surface area contributed by atoms with Crippen LogP contribution in [0.5, 0.6) is 0 Å². The van der Waals surface area contributed by atoms with Gasteiger partial charge in [0.05, 0.1) is 0 Å². The maximum atomic E-state index is 6.00. The summed E-state index contributed by atoms with van der Waals surface area (Å²) in [5.74, 6) is 0. The zero-order chi connectivity index (χ0) is 11.5. The zero-order valence-corrected chi connectivity index (χ0v) is 10.3. The molecule has 1 fully saturated rings. The first-order valence-electron chi connectivity index (χ1n) is 6.31. The van der Waals surface area contributed by atoms with E-state index in [1.165, 1.54) is 24.8 Å². The van der Waals surface area contributed by atoms with Crippen LogP contribution in [0.4, 0.5) is 5.69 Å². The quantitative estimate of drug-likeness (QED) is 0.790. The van der Waals surface area contributed by atoms with Gasteiger partial charge in [0, 0.05) is 24.3 Å². The SMILES string of the molecule is CCC1CCC(C)N1Cc1ccccc1N. The fraction of sp³-hybridized carbons (Fsp3) is 0.571. The lowest BCUT2D eigenvalue weighted by atomic mass is 10.1. The van der Waals surface area contributed by atoms with Crippen molar-refractivity contribution in [3.05, 3.63) is 29.8 Å². The summed E-state index contributed by atoms with van der Waals surface area (Å²) < 4.78 is 0. The highest BCUT2D eigenvalue weighted by atomic mass is 15.2. The van der Waals surface area contributed by atoms with E-state index in [4.69, 9.17) is 5.73 Å². The Morgan fingerprint density at radius 3 is 2.75 bits per heavy atom. The van der Waals surface area contributed by atoms with E-state index < -0.39 is 0 Å². The number of likely N-dealkylation sites (tertiary alicyclic amines) is 1. The second kappa shape index (κ2) is 4.88. The second-order valence-electron chi connectivity index (χ2n) is 4.86. The lowest BCUT2D eigenvalue weighted by Gasteiger charge is -2.28. The molecule has 0 spiro atoms. The van der Waals surface area contributed by atoms with Crippen molar-refractivity contribution < 1.29 is 0 Å². The number of rotatable bonds is 3. The number of hydrogen-bond donors (Lipinski definition) is 1. The normalized spacial score (nSPS) is 26.1. The predicted molar refractivity (Wildman–Crippen MR) is 69.2 cm³/mol. The van der Waals surface area contributed by atoms with Crippen molar-refractivity contribution in [3.63, 3.8) is 0 Å². The van der Waals surface area contributed by atoms with Crippen molar-refractivity contribution in [1.29, 1.82) is 0 Å². The topological polar surface area (TPSA) is 29.3 Å². The first-order chi connectivity index (χ1) is 7.72. The molecule has 0 aromatic heterocycles. The molecule has 0 aliphatic carbocycles. The Balaban J connectivity index is 2.11. The molecular weight excluding hydrogens is 196 g/mol. The third kappa shape index (κ3) is 2.22. The molecule has 0 saturated carbocycles. The van der Waals surface area contributed by atoms with Crippen LogP contribution >= 0.6 is 0 Å². The maximum Gasteiger partial charge on any atom is 0.0359 e. The number of para-hydroxylation sites is 1. The van der Waals surface area contributed by atoms with Gasteiger partial charge in [0.15, 0.2) is 0 Å². The fourth-order valence-corrected chi connectivity index (χ4v) is 2.72. The van der Waals surface area contributed by atoms with E-state index in [9.17, 15) is 0 Å². The van der Waals surface area contributed by atoms with Crippen molar-refractivity contribution in [2.24, 2.45) is 0 Å². The molecule has 2 N–H and O–H groups in total. The lowest BCUT2D eigenvalue weighted by Crippen LogP contribution is -2.33. The Morgan fingerprint density at radius 2 is 2.06 bits per heavy atom. The molecule has 16 heavy (non-hydrogen) atoms. The number of benzene rings is 1. The van der Waals surface area contributed by atoms with Crippen LogP contribution in [0.2, 0.25) is 0 Å². The van der Waals surface area contributed by atoms with Crippen molar-refractivity contribution in [2.75, 3.05) is 5.73 Å². The van der Waals surface area contributed by atoms with Crippen LogP contribution in [0, 0.1) is 0 Å². The number of nitrogens with zero attached hydrogens (tertiary/aromatic N) is 1. The number of nitrogens with two attached hydrogens (primary N) is 1. The van der Waals surface area contributed by atoms with Gasteiger partial charge in [-0.2, -0.15) is 0 Å². The van der Waals surface area contributed by atoms with Gasteiger partial charge >= 0.3 is 0 Å². The van der Waals surface area contributed by atoms with E-state index in [0.717, 1.165) is 18.3 Å². The van der Waals surface area contributed by atoms with Crippen LogP contribution in [0.1, 0.15) is 38.7 Å². The van der Waals surface area contributed by atoms with E-state index in [1.807, 2.05) is 12.1 Å². The molecule has 88 valence electrons. The molecule has 2 heteroatoms. The van der Waals surface area contributed by atoms with Gasteiger partial charge in [-0.3, -0.25) is 4.90 Å². The van der Waals surface area contributed by atoms with Crippen LogP contribution < -0.4 is 5.73 Å². The Hall–Kier alpha value is -1.02. The summed E-state index contributed by atoms with van der Waals surface area (Å²) in [5.41, 5.74) is 8.20. The molecule has 2 atom stereocenters. The van der Waals surface area contributed by atoms with Crippen LogP contribution in [0.15, 0.2) is 24.3 Å². The minimum Gasteiger partial charge on any atom is -0.398 e. The largest absolute Gasteiger partial charge is 0.398 e. The average Bonchev–Trinajstić information content (AvgIpc) is 2.63. The van der Waals surface area contributed by atoms with Gasteiger partial charge in [0.2, 0.25) is 0 Å². The van der Waals surface area contributed by atoms with E-state index in [0.29, 0.717) is 6.04 Å². The molecule has 1 saturated heterocycles. The molecule has 1 heterocycles. The van der Waals surface area contributed by atoms with Crippen molar-refractivity contribution in [1.82, 2.24) is 4.90 Å². The second-order valence-corrected chi connectivity index (χ2v) is 4.86. The monoisotopic (exact) mass is 218 g/mol. The summed E-state index contributed by atoms with van der Waals surface area (Å²) >= 11 is 0. The third-order valence-corrected chi connectivity index (χ3v) is 3.83. The first kappa shape index (κ1) is 11.5. The Morgan fingerprint density at radius 1 is 1.31 bits per heavy atom. The summed E-state index contributed by atoms with van der Waals surface area (Å²) in [6.45, 7) is 5.62. The third-order valence-electron chi connectivity index (χ3n) is 3.83. The molecular formula is C14H22N2. The molecule has 1 aliphatic heterocycles. The molecule has 2 nitrogen and oxygen atoms in total. The smallest absolute Gasteiger partial charge is 0.0359 e. The van der Waals surface area contributed by atoms with E-state index in [2.05, 4.69) is 30.9 Å². The molecule has 0 bridgehead atoms. The minimum absolute atomic E-state index is 0.699. The number of nitrogen functional groups attached to an aromatic ring is 1. The highest BCUT2D eigenvalue weighted by molar-refractivity contribution is 5.46. The van der Waals surface area contributed by atoms with Crippen LogP contribution in [0.25, 0.3) is 0 Å². The highest BCUT2D eigenvalue weighted by Crippen LogP contribution is 2.28. The van der Waals surface area contributed by atoms with Gasteiger partial charge in [0.25, 0.3) is 0 Å². The summed E-state index contributed by atoms with van der Waals surface area (Å²) in [5, 5.41) is 0. The number of hydrogen-bond acceptors (Lipinski definition) is 2. The van der Waals surface area contributed by atoms with Crippen LogP contribution in [-0.2, 0) is 6.54 Å². The molecule has 2 rings (SSSR count). The zero-order valence-electron chi connectivity index (χ0n) is 10.3. The molecule has 1 aromatic rings. The maximum absolute atomic E-state index is 6.00. The molecule has 1 aliphatic rings. The minimum atomic E-state index is 0.699. The van der Waals surface area contributed by atoms with E-state index >= 15 is 0 Å². The van der Waals surface area contributed by atoms with Gasteiger partial charge in [-0.05, 0) is 37.8 Å². The fourth-order valence-electron chi connectivity index (χ4n) is 2.72.